The molecule has 1 aromatic heterocycles. The molecule has 0 unspecified atom stereocenters. The Morgan fingerprint density at radius 3 is 2.47 bits per heavy atom. The molecule has 0 spiro atoms. The molecule has 4 aromatic rings. The molecule has 0 N–H and O–H groups in total. The lowest BCUT2D eigenvalue weighted by molar-refractivity contribution is -0.137. The van der Waals surface area contributed by atoms with Gasteiger partial charge in [0.05, 0.1) is 16.5 Å². The van der Waals surface area contributed by atoms with Gasteiger partial charge in [0, 0.05) is 11.4 Å². The number of fused-ring (bicyclic) bond motifs is 1. The number of carbonyl (C=O) groups excluding carboxylic acids is 1. The molecular formula is C28H22F3NOS. The predicted octanol–water partition coefficient (Wildman–Crippen LogP) is 7.53. The molecule has 172 valence electrons. The summed E-state index contributed by atoms with van der Waals surface area (Å²) in [7, 11) is 0. The van der Waals surface area contributed by atoms with Gasteiger partial charge in [0.15, 0.2) is 0 Å². The molecule has 1 amide bonds. The largest absolute Gasteiger partial charge is 0.416 e. The summed E-state index contributed by atoms with van der Waals surface area (Å²) in [4.78, 5) is 16.7. The van der Waals surface area contributed by atoms with Crippen LogP contribution in [0.4, 0.5) is 13.2 Å². The Bertz CT molecular complexity index is 1340. The Balaban J connectivity index is 1.50. The molecule has 0 saturated carbocycles. The quantitative estimate of drug-likeness (QED) is 0.299. The van der Waals surface area contributed by atoms with Crippen LogP contribution in [0.1, 0.15) is 43.5 Å². The minimum Gasteiger partial charge on any atom is -0.326 e. The number of nitrogens with zero attached hydrogens (tertiary/aromatic N) is 1. The zero-order chi connectivity index (χ0) is 23.9. The van der Waals surface area contributed by atoms with E-state index >= 15 is 0 Å². The molecule has 0 bridgehead atoms. The second-order valence-electron chi connectivity index (χ2n) is 8.50. The van der Waals surface area contributed by atoms with Crippen molar-refractivity contribution in [3.8, 4) is 10.4 Å². The first-order chi connectivity index (χ1) is 16.3. The first kappa shape index (κ1) is 22.4. The summed E-state index contributed by atoms with van der Waals surface area (Å²) >= 11 is 1.23. The molecule has 0 fully saturated rings. The van der Waals surface area contributed by atoms with Crippen molar-refractivity contribution in [1.29, 1.82) is 0 Å². The first-order valence-corrected chi connectivity index (χ1v) is 11.9. The van der Waals surface area contributed by atoms with Gasteiger partial charge in [0.2, 0.25) is 0 Å². The van der Waals surface area contributed by atoms with Crippen LogP contribution in [0.15, 0.2) is 84.9 Å². The summed E-state index contributed by atoms with van der Waals surface area (Å²) in [6.45, 7) is 2.60. The number of hydrogen-bond donors (Lipinski definition) is 0. The standard InChI is InChI=1S/C28H22F3NOS/c1-18-9-11-20(12-10-18)26-23-8-3-2-5-19(23)15-16-32(26)27(33)25-14-13-24(34-25)21-6-4-7-22(17-21)28(29,30)31/h2-14,17,26H,15-16H2,1H3/t26-/m1/s1. The van der Waals surface area contributed by atoms with Gasteiger partial charge in [0.25, 0.3) is 5.91 Å². The van der Waals surface area contributed by atoms with Crippen molar-refractivity contribution in [2.24, 2.45) is 0 Å². The van der Waals surface area contributed by atoms with Crippen molar-refractivity contribution in [2.45, 2.75) is 25.6 Å². The monoisotopic (exact) mass is 477 g/mol. The molecule has 1 aliphatic heterocycles. The number of aryl methyl sites for hydroxylation is 1. The number of alkyl halides is 3. The fourth-order valence-corrected chi connectivity index (χ4v) is 5.45. The van der Waals surface area contributed by atoms with E-state index < -0.39 is 11.7 Å². The van der Waals surface area contributed by atoms with Crippen LogP contribution in [-0.2, 0) is 12.6 Å². The van der Waals surface area contributed by atoms with E-state index in [0.29, 0.717) is 21.9 Å². The van der Waals surface area contributed by atoms with Crippen LogP contribution in [0.5, 0.6) is 0 Å². The molecule has 0 saturated heterocycles. The number of thiophene rings is 1. The van der Waals surface area contributed by atoms with Gasteiger partial charge in [0.1, 0.15) is 0 Å². The minimum absolute atomic E-state index is 0.108. The highest BCUT2D eigenvalue weighted by atomic mass is 32.1. The second kappa shape index (κ2) is 8.76. The van der Waals surface area contributed by atoms with E-state index in [0.717, 1.165) is 35.2 Å². The predicted molar refractivity (Wildman–Crippen MR) is 129 cm³/mol. The Labute approximate surface area is 200 Å². The van der Waals surface area contributed by atoms with Crippen LogP contribution in [0.3, 0.4) is 0 Å². The number of rotatable bonds is 3. The highest BCUT2D eigenvalue weighted by Crippen LogP contribution is 2.39. The van der Waals surface area contributed by atoms with Crippen LogP contribution < -0.4 is 0 Å². The van der Waals surface area contributed by atoms with Crippen molar-refractivity contribution in [3.05, 3.63) is 118 Å². The van der Waals surface area contributed by atoms with E-state index in [4.69, 9.17) is 0 Å². The van der Waals surface area contributed by atoms with Gasteiger partial charge in [-0.1, -0.05) is 66.2 Å². The molecule has 34 heavy (non-hydrogen) atoms. The SMILES string of the molecule is Cc1ccc([C@@H]2c3ccccc3CCN2C(=O)c2ccc(-c3cccc(C(F)(F)F)c3)s2)cc1. The van der Waals surface area contributed by atoms with Crippen LogP contribution in [0.2, 0.25) is 0 Å². The maximum Gasteiger partial charge on any atom is 0.416 e. The zero-order valence-electron chi connectivity index (χ0n) is 18.5. The van der Waals surface area contributed by atoms with Crippen molar-refractivity contribution in [3.63, 3.8) is 0 Å². The molecule has 0 radical (unpaired) electrons. The Hall–Kier alpha value is -3.38. The highest BCUT2D eigenvalue weighted by molar-refractivity contribution is 7.17. The molecular weight excluding hydrogens is 455 g/mol. The molecule has 2 heterocycles. The maximum atomic E-state index is 13.7. The topological polar surface area (TPSA) is 20.3 Å². The molecule has 5 rings (SSSR count). The number of carbonyl (C=O) groups is 1. The van der Waals surface area contributed by atoms with E-state index in [1.807, 2.05) is 36.1 Å². The second-order valence-corrected chi connectivity index (χ2v) is 9.59. The third kappa shape index (κ3) is 4.26. The minimum atomic E-state index is -4.41. The Kier molecular flexibility index (Phi) is 5.78. The molecule has 2 nitrogen and oxygen atoms in total. The molecule has 3 aromatic carbocycles. The maximum absolute atomic E-state index is 13.7. The third-order valence-electron chi connectivity index (χ3n) is 6.23. The molecule has 0 aliphatic carbocycles. The van der Waals surface area contributed by atoms with Crippen LogP contribution in [0, 0.1) is 6.92 Å². The van der Waals surface area contributed by atoms with E-state index in [1.54, 1.807) is 18.2 Å². The summed E-state index contributed by atoms with van der Waals surface area (Å²) in [5, 5.41) is 0. The lowest BCUT2D eigenvalue weighted by Crippen LogP contribution is -2.40. The number of hydrogen-bond acceptors (Lipinski definition) is 2. The smallest absolute Gasteiger partial charge is 0.326 e. The van der Waals surface area contributed by atoms with Crippen molar-refractivity contribution < 1.29 is 18.0 Å². The number of amides is 1. The van der Waals surface area contributed by atoms with E-state index in [-0.39, 0.29) is 11.9 Å². The summed E-state index contributed by atoms with van der Waals surface area (Å²) in [6, 6.07) is 24.9. The summed E-state index contributed by atoms with van der Waals surface area (Å²) in [5.74, 6) is -0.108. The van der Waals surface area contributed by atoms with Crippen LogP contribution >= 0.6 is 11.3 Å². The Morgan fingerprint density at radius 2 is 1.71 bits per heavy atom. The normalized spacial score (nSPS) is 15.8. The van der Waals surface area contributed by atoms with Gasteiger partial charge in [-0.05, 0) is 59.9 Å². The van der Waals surface area contributed by atoms with Gasteiger partial charge in [-0.3, -0.25) is 4.79 Å². The number of benzene rings is 3. The van der Waals surface area contributed by atoms with E-state index in [2.05, 4.69) is 24.3 Å². The molecule has 6 heteroatoms. The van der Waals surface area contributed by atoms with E-state index in [9.17, 15) is 18.0 Å². The average Bonchev–Trinajstić information content (AvgIpc) is 3.33. The summed E-state index contributed by atoms with van der Waals surface area (Å²) < 4.78 is 39.5. The van der Waals surface area contributed by atoms with Gasteiger partial charge in [-0.25, -0.2) is 0 Å². The van der Waals surface area contributed by atoms with Crippen LogP contribution in [-0.4, -0.2) is 17.4 Å². The van der Waals surface area contributed by atoms with Gasteiger partial charge >= 0.3 is 6.18 Å². The van der Waals surface area contributed by atoms with Crippen molar-refractivity contribution in [1.82, 2.24) is 4.90 Å². The molecule has 1 aliphatic rings. The Morgan fingerprint density at radius 1 is 0.941 bits per heavy atom. The third-order valence-corrected chi connectivity index (χ3v) is 7.35. The van der Waals surface area contributed by atoms with Crippen molar-refractivity contribution in [2.75, 3.05) is 6.54 Å². The lowest BCUT2D eigenvalue weighted by Gasteiger charge is -2.37. The fraction of sp³-hybridized carbons (Fsp3) is 0.179. The lowest BCUT2D eigenvalue weighted by atomic mass is 9.88. The van der Waals surface area contributed by atoms with E-state index in [1.165, 1.54) is 23.0 Å². The van der Waals surface area contributed by atoms with Gasteiger partial charge in [-0.2, -0.15) is 13.2 Å². The van der Waals surface area contributed by atoms with Gasteiger partial charge < -0.3 is 4.90 Å². The fourth-order valence-electron chi connectivity index (χ4n) is 4.49. The van der Waals surface area contributed by atoms with Crippen molar-refractivity contribution >= 4 is 17.2 Å². The number of halogens is 3. The highest BCUT2D eigenvalue weighted by Gasteiger charge is 2.33. The summed E-state index contributed by atoms with van der Waals surface area (Å²) in [6.07, 6.45) is -3.65. The van der Waals surface area contributed by atoms with Crippen LogP contribution in [0.25, 0.3) is 10.4 Å². The molecule has 1 atom stereocenters. The van der Waals surface area contributed by atoms with Gasteiger partial charge in [-0.15, -0.1) is 11.3 Å². The zero-order valence-corrected chi connectivity index (χ0v) is 19.3. The average molecular weight is 478 g/mol. The summed E-state index contributed by atoms with van der Waals surface area (Å²) in [5.41, 5.74) is 4.29. The first-order valence-electron chi connectivity index (χ1n) is 11.0.